The zero-order valence-electron chi connectivity index (χ0n) is 5.63. The number of amidine groups is 1. The number of nitrogens with one attached hydrogen (secondary N) is 1. The summed E-state index contributed by atoms with van der Waals surface area (Å²) in [4.78, 5) is 14.5. The first kappa shape index (κ1) is 7.01. The molecule has 0 saturated carbocycles. The fourth-order valence-corrected chi connectivity index (χ4v) is 0.693. The van der Waals surface area contributed by atoms with Gasteiger partial charge in [0.15, 0.2) is 0 Å². The van der Waals surface area contributed by atoms with Crippen LogP contribution in [-0.2, 0) is 9.53 Å². The zero-order chi connectivity index (χ0) is 7.56. The molecule has 0 aromatic carbocycles. The summed E-state index contributed by atoms with van der Waals surface area (Å²) in [5.41, 5.74) is 5.30. The second-order valence-electron chi connectivity index (χ2n) is 1.95. The number of hydrogen-bond donors (Lipinski definition) is 2. The minimum absolute atomic E-state index is 0.153. The van der Waals surface area contributed by atoms with Crippen molar-refractivity contribution < 1.29 is 9.53 Å². The van der Waals surface area contributed by atoms with Crippen LogP contribution >= 0.6 is 0 Å². The van der Waals surface area contributed by atoms with Crippen molar-refractivity contribution in [3.63, 3.8) is 0 Å². The van der Waals surface area contributed by atoms with Gasteiger partial charge >= 0.3 is 0 Å². The van der Waals surface area contributed by atoms with Crippen LogP contribution in [0, 0.1) is 0 Å². The van der Waals surface area contributed by atoms with E-state index in [0.717, 1.165) is 0 Å². The molecule has 56 valence electrons. The number of nitrogens with two attached hydrogens (primary N) is 1. The Balaban J connectivity index is 2.63. The summed E-state index contributed by atoms with van der Waals surface area (Å²) in [5.74, 6) is 0.162. The number of aliphatic imine (C=N–C) groups is 1. The molecule has 1 atom stereocenters. The van der Waals surface area contributed by atoms with Gasteiger partial charge in [-0.15, -0.1) is 0 Å². The number of nitrogens with zero attached hydrogens (tertiary/aromatic N) is 1. The van der Waals surface area contributed by atoms with E-state index in [9.17, 15) is 4.79 Å². The molecule has 5 heteroatoms. The molecule has 0 aromatic rings. The molecule has 1 rings (SSSR count). The first-order chi connectivity index (χ1) is 4.72. The van der Waals surface area contributed by atoms with Crippen molar-refractivity contribution in [2.75, 3.05) is 7.11 Å². The van der Waals surface area contributed by atoms with Crippen LogP contribution in [-0.4, -0.2) is 25.2 Å². The first-order valence-corrected chi connectivity index (χ1v) is 2.86. The summed E-state index contributed by atoms with van der Waals surface area (Å²) in [6.45, 7) is 0. The van der Waals surface area contributed by atoms with Gasteiger partial charge in [0.2, 0.25) is 12.3 Å². The largest absolute Gasteiger partial charge is 0.387 e. The van der Waals surface area contributed by atoms with Gasteiger partial charge in [0.1, 0.15) is 5.84 Å². The fraction of sp³-hybridized carbons (Fsp3) is 0.600. The lowest BCUT2D eigenvalue weighted by Gasteiger charge is -2.17. The van der Waals surface area contributed by atoms with Crippen molar-refractivity contribution in [1.29, 1.82) is 0 Å². The second-order valence-corrected chi connectivity index (χ2v) is 1.95. The SMILES string of the molecule is COC1N=C(N)CC(=O)N1. The molecule has 1 unspecified atom stereocenters. The van der Waals surface area contributed by atoms with Gasteiger partial charge in [0, 0.05) is 7.11 Å². The number of rotatable bonds is 1. The van der Waals surface area contributed by atoms with Gasteiger partial charge in [-0.25, -0.2) is 4.99 Å². The standard InChI is InChI=1S/C5H9N3O2/c1-10-5-7-3(6)2-4(9)8-5/h5H,2H2,1H3,(H2,6,7)(H,8,9). The van der Waals surface area contributed by atoms with E-state index in [1.165, 1.54) is 7.11 Å². The molecule has 10 heavy (non-hydrogen) atoms. The lowest BCUT2D eigenvalue weighted by atomic mass is 10.3. The second kappa shape index (κ2) is 2.66. The summed E-state index contributed by atoms with van der Waals surface area (Å²) in [6.07, 6.45) is -0.430. The summed E-state index contributed by atoms with van der Waals surface area (Å²) < 4.78 is 4.73. The predicted molar refractivity (Wildman–Crippen MR) is 35.2 cm³/mol. The summed E-state index contributed by atoms with van der Waals surface area (Å²) >= 11 is 0. The van der Waals surface area contributed by atoms with Crippen LogP contribution in [0.3, 0.4) is 0 Å². The number of hydrogen-bond acceptors (Lipinski definition) is 4. The molecule has 0 radical (unpaired) electrons. The maximum atomic E-state index is 10.7. The Morgan fingerprint density at radius 2 is 2.60 bits per heavy atom. The Bertz CT molecular complexity index is 178. The lowest BCUT2D eigenvalue weighted by molar-refractivity contribution is -0.124. The van der Waals surface area contributed by atoms with E-state index in [4.69, 9.17) is 10.5 Å². The number of carbonyl (C=O) groups excluding carboxylic acids is 1. The average Bonchev–Trinajstić information content (AvgIpc) is 1.85. The topological polar surface area (TPSA) is 76.7 Å². The van der Waals surface area contributed by atoms with E-state index in [-0.39, 0.29) is 12.3 Å². The predicted octanol–water partition coefficient (Wildman–Crippen LogP) is -1.21. The van der Waals surface area contributed by atoms with Gasteiger partial charge in [0.25, 0.3) is 0 Å². The van der Waals surface area contributed by atoms with Crippen LogP contribution < -0.4 is 11.1 Å². The van der Waals surface area contributed by atoms with Crippen molar-refractivity contribution in [2.24, 2.45) is 10.7 Å². The van der Waals surface area contributed by atoms with E-state index in [1.807, 2.05) is 0 Å². The van der Waals surface area contributed by atoms with Crippen molar-refractivity contribution in [2.45, 2.75) is 12.8 Å². The highest BCUT2D eigenvalue weighted by Crippen LogP contribution is 1.96. The van der Waals surface area contributed by atoms with Gasteiger partial charge in [0.05, 0.1) is 6.42 Å². The molecule has 1 amide bonds. The molecule has 0 spiro atoms. The number of methoxy groups -OCH3 is 1. The zero-order valence-corrected chi connectivity index (χ0v) is 5.63. The number of amides is 1. The smallest absolute Gasteiger partial charge is 0.231 e. The molecule has 1 aliphatic heterocycles. The van der Waals surface area contributed by atoms with Crippen LogP contribution in [0.1, 0.15) is 6.42 Å². The van der Waals surface area contributed by atoms with Crippen LogP contribution in [0.4, 0.5) is 0 Å². The Morgan fingerprint density at radius 1 is 1.90 bits per heavy atom. The Morgan fingerprint density at radius 3 is 3.10 bits per heavy atom. The molecule has 0 aromatic heterocycles. The van der Waals surface area contributed by atoms with Crippen LogP contribution in [0.25, 0.3) is 0 Å². The summed E-state index contributed by atoms with van der Waals surface area (Å²) in [6, 6.07) is 0. The summed E-state index contributed by atoms with van der Waals surface area (Å²) in [5, 5.41) is 2.47. The molecule has 3 N–H and O–H groups in total. The molecule has 0 aliphatic carbocycles. The van der Waals surface area contributed by atoms with E-state index in [1.54, 1.807) is 0 Å². The molecule has 0 bridgehead atoms. The van der Waals surface area contributed by atoms with Crippen molar-refractivity contribution in [3.8, 4) is 0 Å². The van der Waals surface area contributed by atoms with E-state index in [2.05, 4.69) is 10.3 Å². The van der Waals surface area contributed by atoms with E-state index < -0.39 is 6.35 Å². The maximum absolute atomic E-state index is 10.7. The number of ether oxygens (including phenoxy) is 1. The molecule has 5 nitrogen and oxygen atoms in total. The van der Waals surface area contributed by atoms with Crippen LogP contribution in [0.2, 0.25) is 0 Å². The Hall–Kier alpha value is -1.10. The van der Waals surface area contributed by atoms with Gasteiger partial charge < -0.3 is 15.8 Å². The Labute approximate surface area is 58.3 Å². The highest BCUT2D eigenvalue weighted by atomic mass is 16.5. The molecular weight excluding hydrogens is 134 g/mol. The Kier molecular flexibility index (Phi) is 1.86. The quantitative estimate of drug-likeness (QED) is 0.483. The minimum Gasteiger partial charge on any atom is -0.387 e. The fourth-order valence-electron chi connectivity index (χ4n) is 0.693. The first-order valence-electron chi connectivity index (χ1n) is 2.86. The highest BCUT2D eigenvalue weighted by molar-refractivity contribution is 6.00. The third-order valence-electron chi connectivity index (χ3n) is 1.13. The van der Waals surface area contributed by atoms with Crippen molar-refractivity contribution >= 4 is 11.7 Å². The van der Waals surface area contributed by atoms with Gasteiger partial charge in [-0.2, -0.15) is 0 Å². The monoisotopic (exact) mass is 143 g/mol. The van der Waals surface area contributed by atoms with Crippen LogP contribution in [0.5, 0.6) is 0 Å². The third kappa shape index (κ3) is 1.44. The minimum atomic E-state index is -0.596. The molecule has 1 heterocycles. The van der Waals surface area contributed by atoms with E-state index >= 15 is 0 Å². The number of carbonyl (C=O) groups is 1. The van der Waals surface area contributed by atoms with Crippen LogP contribution in [0.15, 0.2) is 4.99 Å². The average molecular weight is 143 g/mol. The normalized spacial score (nSPS) is 25.5. The molecular formula is C5H9N3O2. The molecule has 0 fully saturated rings. The highest BCUT2D eigenvalue weighted by Gasteiger charge is 2.16. The van der Waals surface area contributed by atoms with Crippen molar-refractivity contribution in [3.05, 3.63) is 0 Å². The molecule has 0 saturated heterocycles. The van der Waals surface area contributed by atoms with E-state index in [0.29, 0.717) is 5.84 Å². The maximum Gasteiger partial charge on any atom is 0.231 e. The summed E-state index contributed by atoms with van der Waals surface area (Å²) in [7, 11) is 1.45. The van der Waals surface area contributed by atoms with Gasteiger partial charge in [-0.05, 0) is 0 Å². The van der Waals surface area contributed by atoms with Crippen molar-refractivity contribution in [1.82, 2.24) is 5.32 Å². The molecule has 1 aliphatic rings. The van der Waals surface area contributed by atoms with Gasteiger partial charge in [-0.1, -0.05) is 0 Å². The third-order valence-corrected chi connectivity index (χ3v) is 1.13. The lowest BCUT2D eigenvalue weighted by Crippen LogP contribution is -2.42. The van der Waals surface area contributed by atoms with Gasteiger partial charge in [-0.3, -0.25) is 4.79 Å².